The van der Waals surface area contributed by atoms with Crippen LogP contribution in [0.1, 0.15) is 29.2 Å². The predicted octanol–water partition coefficient (Wildman–Crippen LogP) is 3.64. The number of rotatable bonds is 2. The summed E-state index contributed by atoms with van der Waals surface area (Å²) in [6.45, 7) is 1.09. The second-order valence-electron chi connectivity index (χ2n) is 6.09. The van der Waals surface area contributed by atoms with Gasteiger partial charge in [-0.2, -0.15) is 0 Å². The number of carbonyl (C=O) groups excluding carboxylic acids is 1. The molecule has 4 rings (SSSR count). The zero-order chi connectivity index (χ0) is 18.3. The van der Waals surface area contributed by atoms with E-state index < -0.39 is 0 Å². The van der Waals surface area contributed by atoms with Gasteiger partial charge in [-0.3, -0.25) is 14.2 Å². The molecule has 0 atom stereocenters. The van der Waals surface area contributed by atoms with Gasteiger partial charge in [0, 0.05) is 25.3 Å². The molecule has 0 N–H and O–H groups in total. The fourth-order valence-electron chi connectivity index (χ4n) is 3.24. The Morgan fingerprint density at radius 2 is 2.00 bits per heavy atom. The number of pyridine rings is 1. The van der Waals surface area contributed by atoms with E-state index in [9.17, 15) is 9.59 Å². The Bertz CT molecular complexity index is 1040. The average Bonchev–Trinajstić information content (AvgIpc) is 3.00. The Morgan fingerprint density at radius 3 is 2.69 bits per heavy atom. The van der Waals surface area contributed by atoms with E-state index in [1.54, 1.807) is 40.2 Å². The molecule has 0 radical (unpaired) electrons. The molecule has 3 aromatic rings. The molecule has 1 fully saturated rings. The molecule has 0 saturated carbocycles. The molecule has 1 amide bonds. The highest BCUT2D eigenvalue weighted by Crippen LogP contribution is 2.33. The van der Waals surface area contributed by atoms with Gasteiger partial charge in [-0.25, -0.2) is 9.97 Å². The molecule has 1 aliphatic heterocycles. The number of amides is 1. The summed E-state index contributed by atoms with van der Waals surface area (Å²) in [7, 11) is 0. The van der Waals surface area contributed by atoms with Gasteiger partial charge in [0.05, 0.1) is 15.3 Å². The van der Waals surface area contributed by atoms with Gasteiger partial charge in [0.15, 0.2) is 5.65 Å². The summed E-state index contributed by atoms with van der Waals surface area (Å²) in [6.07, 6.45) is 4.52. The Labute approximate surface area is 163 Å². The van der Waals surface area contributed by atoms with Crippen LogP contribution in [0.5, 0.6) is 0 Å². The summed E-state index contributed by atoms with van der Waals surface area (Å²) < 4.78 is 2.56. The highest BCUT2D eigenvalue weighted by Gasteiger charge is 2.27. The number of likely N-dealkylation sites (tertiary alicyclic amines) is 1. The summed E-state index contributed by atoms with van der Waals surface area (Å²) in [6, 6.07) is 5.07. The minimum absolute atomic E-state index is 0.00481. The number of fused-ring (bicyclic) bond motifs is 1. The Balaban J connectivity index is 1.52. The quantitative estimate of drug-likeness (QED) is 0.648. The summed E-state index contributed by atoms with van der Waals surface area (Å²) in [5, 5.41) is 0.508. The third-order valence-corrected chi connectivity index (χ3v) is 6.08. The van der Waals surface area contributed by atoms with Crippen molar-refractivity contribution in [3.63, 3.8) is 0 Å². The molecule has 0 aromatic carbocycles. The number of thiophene rings is 1. The topological polar surface area (TPSA) is 68.1 Å². The SMILES string of the molecule is O=C(c1cc(Cl)sc1Cl)N1CCC(n2cnc3ncccc3c2=O)CC1. The molecule has 9 heteroatoms. The summed E-state index contributed by atoms with van der Waals surface area (Å²) in [4.78, 5) is 35.4. The van der Waals surface area contributed by atoms with Crippen LogP contribution in [0, 0.1) is 0 Å². The molecule has 0 aliphatic carbocycles. The number of hydrogen-bond donors (Lipinski definition) is 0. The number of hydrogen-bond acceptors (Lipinski definition) is 5. The number of nitrogens with zero attached hydrogens (tertiary/aromatic N) is 4. The van der Waals surface area contributed by atoms with Gasteiger partial charge in [-0.15, -0.1) is 11.3 Å². The third kappa shape index (κ3) is 3.11. The van der Waals surface area contributed by atoms with Crippen molar-refractivity contribution in [2.45, 2.75) is 18.9 Å². The molecule has 0 unspecified atom stereocenters. The van der Waals surface area contributed by atoms with Gasteiger partial charge < -0.3 is 4.90 Å². The lowest BCUT2D eigenvalue weighted by Gasteiger charge is -2.32. The lowest BCUT2D eigenvalue weighted by Crippen LogP contribution is -2.40. The van der Waals surface area contributed by atoms with E-state index in [-0.39, 0.29) is 17.5 Å². The molecule has 1 aliphatic rings. The van der Waals surface area contributed by atoms with Crippen LogP contribution in [-0.4, -0.2) is 38.4 Å². The molecular weight excluding hydrogens is 395 g/mol. The second kappa shape index (κ2) is 6.98. The predicted molar refractivity (Wildman–Crippen MR) is 102 cm³/mol. The zero-order valence-electron chi connectivity index (χ0n) is 13.6. The van der Waals surface area contributed by atoms with Crippen LogP contribution in [0.4, 0.5) is 0 Å². The lowest BCUT2D eigenvalue weighted by molar-refractivity contribution is 0.0694. The van der Waals surface area contributed by atoms with Crippen LogP contribution in [0.15, 0.2) is 35.5 Å². The van der Waals surface area contributed by atoms with E-state index in [4.69, 9.17) is 23.2 Å². The zero-order valence-corrected chi connectivity index (χ0v) is 15.9. The van der Waals surface area contributed by atoms with Gasteiger partial charge in [0.2, 0.25) is 0 Å². The number of halogens is 2. The van der Waals surface area contributed by atoms with E-state index in [1.165, 1.54) is 11.3 Å². The molecule has 4 heterocycles. The van der Waals surface area contributed by atoms with E-state index >= 15 is 0 Å². The first kappa shape index (κ1) is 17.5. The van der Waals surface area contributed by atoms with E-state index in [2.05, 4.69) is 9.97 Å². The largest absolute Gasteiger partial charge is 0.338 e. The fraction of sp³-hybridized carbons (Fsp3) is 0.294. The highest BCUT2D eigenvalue weighted by atomic mass is 35.5. The second-order valence-corrected chi connectivity index (χ2v) is 8.38. The van der Waals surface area contributed by atoms with E-state index in [0.29, 0.717) is 51.2 Å². The Hall–Kier alpha value is -1.96. The Kier molecular flexibility index (Phi) is 4.69. The molecule has 134 valence electrons. The molecule has 1 saturated heterocycles. The maximum Gasteiger partial charge on any atom is 0.263 e. The monoisotopic (exact) mass is 408 g/mol. The average molecular weight is 409 g/mol. The number of aromatic nitrogens is 3. The van der Waals surface area contributed by atoms with Gasteiger partial charge in [-0.1, -0.05) is 23.2 Å². The lowest BCUT2D eigenvalue weighted by atomic mass is 10.0. The minimum Gasteiger partial charge on any atom is -0.338 e. The summed E-state index contributed by atoms with van der Waals surface area (Å²) >= 11 is 13.2. The van der Waals surface area contributed by atoms with Crippen LogP contribution in [0.2, 0.25) is 8.67 Å². The van der Waals surface area contributed by atoms with Crippen molar-refractivity contribution in [1.29, 1.82) is 0 Å². The molecule has 3 aromatic heterocycles. The van der Waals surface area contributed by atoms with Gasteiger partial charge >= 0.3 is 0 Å². The number of piperidine rings is 1. The smallest absolute Gasteiger partial charge is 0.263 e. The van der Waals surface area contributed by atoms with Crippen molar-refractivity contribution < 1.29 is 4.79 Å². The Morgan fingerprint density at radius 1 is 1.23 bits per heavy atom. The number of carbonyl (C=O) groups is 1. The van der Waals surface area contributed by atoms with Crippen molar-refractivity contribution in [2.24, 2.45) is 0 Å². The molecule has 0 spiro atoms. The van der Waals surface area contributed by atoms with Crippen LogP contribution >= 0.6 is 34.5 Å². The molecule has 26 heavy (non-hydrogen) atoms. The van der Waals surface area contributed by atoms with Gasteiger partial charge in [-0.05, 0) is 31.0 Å². The van der Waals surface area contributed by atoms with Crippen molar-refractivity contribution in [3.8, 4) is 0 Å². The normalized spacial score (nSPS) is 15.5. The van der Waals surface area contributed by atoms with Gasteiger partial charge in [0.25, 0.3) is 11.5 Å². The highest BCUT2D eigenvalue weighted by molar-refractivity contribution is 7.20. The van der Waals surface area contributed by atoms with Crippen molar-refractivity contribution in [2.75, 3.05) is 13.1 Å². The first-order valence-corrected chi connectivity index (χ1v) is 9.68. The summed E-state index contributed by atoms with van der Waals surface area (Å²) in [5.74, 6) is -0.121. The van der Waals surface area contributed by atoms with Crippen LogP contribution in [0.25, 0.3) is 11.0 Å². The first-order chi connectivity index (χ1) is 12.5. The summed E-state index contributed by atoms with van der Waals surface area (Å²) in [5.41, 5.74) is 0.793. The molecule has 0 bridgehead atoms. The maximum absolute atomic E-state index is 12.7. The standard InChI is InChI=1S/C17H14Cl2N4O2S/c18-13-8-12(14(19)26-13)16(24)22-6-3-10(4-7-22)23-9-21-15-11(17(23)25)2-1-5-20-15/h1-2,5,8-10H,3-4,6-7H2. The van der Waals surface area contributed by atoms with Crippen molar-refractivity contribution in [1.82, 2.24) is 19.4 Å². The van der Waals surface area contributed by atoms with Crippen molar-refractivity contribution >= 4 is 51.5 Å². The van der Waals surface area contributed by atoms with Gasteiger partial charge in [0.1, 0.15) is 10.7 Å². The van der Waals surface area contributed by atoms with E-state index in [0.717, 1.165) is 0 Å². The first-order valence-electron chi connectivity index (χ1n) is 8.10. The van der Waals surface area contributed by atoms with Crippen LogP contribution in [0.3, 0.4) is 0 Å². The van der Waals surface area contributed by atoms with Crippen molar-refractivity contribution in [3.05, 3.63) is 55.3 Å². The van der Waals surface area contributed by atoms with Crippen LogP contribution in [-0.2, 0) is 0 Å². The molecular formula is C17H14Cl2N4O2S. The van der Waals surface area contributed by atoms with Crippen LogP contribution < -0.4 is 5.56 Å². The minimum atomic E-state index is -0.121. The third-order valence-electron chi connectivity index (χ3n) is 4.59. The maximum atomic E-state index is 12.7. The van der Waals surface area contributed by atoms with E-state index in [1.807, 2.05) is 0 Å². The fourth-order valence-corrected chi connectivity index (χ4v) is 4.69. The molecule has 6 nitrogen and oxygen atoms in total.